The standard InChI is InChI=1S/C21H21N3/c1-2-4-18-12-21(11-17(18)3-1)9-10-24(15-21)20-7-5-16(6-8-20)19-13-22-23-14-19/h1-8,13-14H,9-12,15H2,(H,22,23)/i15D. The number of H-pyrrole nitrogens is 1. The second-order valence-electron chi connectivity index (χ2n) is 7.09. The zero-order valence-corrected chi connectivity index (χ0v) is 13.6. The maximum Gasteiger partial charge on any atom is 0.0565 e. The molecule has 1 spiro atoms. The molecule has 0 radical (unpaired) electrons. The van der Waals surface area contributed by atoms with E-state index in [1.807, 2.05) is 12.4 Å². The zero-order valence-electron chi connectivity index (χ0n) is 14.6. The lowest BCUT2D eigenvalue weighted by Gasteiger charge is -2.25. The van der Waals surface area contributed by atoms with E-state index in [1.165, 1.54) is 11.1 Å². The number of aromatic nitrogens is 2. The van der Waals surface area contributed by atoms with Crippen LogP contribution in [0.5, 0.6) is 0 Å². The van der Waals surface area contributed by atoms with Crippen molar-refractivity contribution < 1.29 is 1.37 Å². The van der Waals surface area contributed by atoms with Gasteiger partial charge in [-0.1, -0.05) is 36.4 Å². The van der Waals surface area contributed by atoms with Crippen molar-refractivity contribution in [1.82, 2.24) is 10.2 Å². The number of anilines is 1. The van der Waals surface area contributed by atoms with Gasteiger partial charge in [-0.05, 0) is 53.5 Å². The summed E-state index contributed by atoms with van der Waals surface area (Å²) < 4.78 is 8.95. The average molecular weight is 316 g/mol. The van der Waals surface area contributed by atoms with E-state index in [0.29, 0.717) is 0 Å². The Morgan fingerprint density at radius 1 is 1.00 bits per heavy atom. The Hall–Kier alpha value is -2.55. The molecule has 1 atom stereocenters. The van der Waals surface area contributed by atoms with E-state index in [9.17, 15) is 0 Å². The van der Waals surface area contributed by atoms with E-state index >= 15 is 0 Å². The molecule has 24 heavy (non-hydrogen) atoms. The lowest BCUT2D eigenvalue weighted by Crippen LogP contribution is -2.27. The predicted molar refractivity (Wildman–Crippen MR) is 97.1 cm³/mol. The molecule has 3 nitrogen and oxygen atoms in total. The summed E-state index contributed by atoms with van der Waals surface area (Å²) in [5.74, 6) is 0. The number of hydrogen-bond acceptors (Lipinski definition) is 2. The van der Waals surface area contributed by atoms with Gasteiger partial charge in [0.1, 0.15) is 0 Å². The van der Waals surface area contributed by atoms with Crippen LogP contribution >= 0.6 is 0 Å². The number of hydrogen-bond donors (Lipinski definition) is 1. The van der Waals surface area contributed by atoms with E-state index in [-0.39, 0.29) is 11.9 Å². The fourth-order valence-electron chi connectivity index (χ4n) is 4.25. The Morgan fingerprint density at radius 3 is 2.42 bits per heavy atom. The van der Waals surface area contributed by atoms with E-state index in [2.05, 4.69) is 63.6 Å². The molecule has 1 aromatic heterocycles. The summed E-state index contributed by atoms with van der Waals surface area (Å²) in [5, 5.41) is 6.87. The van der Waals surface area contributed by atoms with Gasteiger partial charge in [0.2, 0.25) is 0 Å². The monoisotopic (exact) mass is 316 g/mol. The Bertz CT molecular complexity index is 861. The van der Waals surface area contributed by atoms with Crippen molar-refractivity contribution in [2.24, 2.45) is 5.41 Å². The third-order valence-electron chi connectivity index (χ3n) is 5.51. The number of fused-ring (bicyclic) bond motifs is 1. The molecule has 2 aliphatic rings. The summed E-state index contributed by atoms with van der Waals surface area (Å²) in [4.78, 5) is 2.27. The lowest BCUT2D eigenvalue weighted by atomic mass is 9.84. The average Bonchev–Trinajstić information content (AvgIpc) is 3.36. The van der Waals surface area contributed by atoms with Crippen LogP contribution in [0.1, 0.15) is 18.9 Å². The van der Waals surface area contributed by atoms with Crippen molar-refractivity contribution in [1.29, 1.82) is 0 Å². The maximum absolute atomic E-state index is 8.95. The van der Waals surface area contributed by atoms with E-state index < -0.39 is 0 Å². The van der Waals surface area contributed by atoms with E-state index in [0.717, 1.165) is 42.6 Å². The van der Waals surface area contributed by atoms with Crippen molar-refractivity contribution in [2.45, 2.75) is 19.3 Å². The van der Waals surface area contributed by atoms with E-state index in [1.54, 1.807) is 0 Å². The lowest BCUT2D eigenvalue weighted by molar-refractivity contribution is 0.350. The number of rotatable bonds is 2. The van der Waals surface area contributed by atoms with Crippen molar-refractivity contribution in [2.75, 3.05) is 18.0 Å². The van der Waals surface area contributed by atoms with Crippen LogP contribution in [0.15, 0.2) is 60.9 Å². The molecule has 2 aromatic carbocycles. The third-order valence-corrected chi connectivity index (χ3v) is 5.51. The maximum atomic E-state index is 8.95. The van der Waals surface area contributed by atoms with Crippen LogP contribution < -0.4 is 4.90 Å². The molecule has 3 aromatic rings. The van der Waals surface area contributed by atoms with Crippen LogP contribution in [0.2, 0.25) is 0 Å². The molecule has 1 aliphatic carbocycles. The molecule has 120 valence electrons. The molecule has 1 N–H and O–H groups in total. The zero-order chi connectivity index (χ0) is 16.9. The molecule has 1 fully saturated rings. The first-order valence-electron chi connectivity index (χ1n) is 9.18. The van der Waals surface area contributed by atoms with Gasteiger partial charge in [-0.3, -0.25) is 5.10 Å². The predicted octanol–water partition coefficient (Wildman–Crippen LogP) is 4.07. The first-order valence-corrected chi connectivity index (χ1v) is 8.60. The minimum atomic E-state index is -0.181. The summed E-state index contributed by atoms with van der Waals surface area (Å²) in [5.41, 5.74) is 6.36. The van der Waals surface area contributed by atoms with Gasteiger partial charge in [-0.15, -0.1) is 0 Å². The van der Waals surface area contributed by atoms with Crippen LogP contribution in [0.25, 0.3) is 11.1 Å². The Kier molecular flexibility index (Phi) is 2.80. The first kappa shape index (κ1) is 12.8. The van der Waals surface area contributed by atoms with Gasteiger partial charge in [0, 0.05) is 31.9 Å². The molecule has 1 aliphatic heterocycles. The number of nitrogens with zero attached hydrogens (tertiary/aromatic N) is 2. The molecule has 1 unspecified atom stereocenters. The molecular weight excluding hydrogens is 294 g/mol. The summed E-state index contributed by atoms with van der Waals surface area (Å²) in [6.07, 6.45) is 6.92. The Morgan fingerprint density at radius 2 is 1.75 bits per heavy atom. The van der Waals surface area contributed by atoms with Crippen molar-refractivity contribution >= 4 is 5.69 Å². The number of benzene rings is 2. The fourth-order valence-corrected chi connectivity index (χ4v) is 4.25. The molecule has 5 rings (SSSR count). The molecule has 1 saturated heterocycles. The van der Waals surface area contributed by atoms with Gasteiger partial charge in [0.25, 0.3) is 0 Å². The summed E-state index contributed by atoms with van der Waals surface area (Å²) in [6, 6.07) is 17.3. The quantitative estimate of drug-likeness (QED) is 0.773. The van der Waals surface area contributed by atoms with Crippen LogP contribution in [0.4, 0.5) is 5.69 Å². The summed E-state index contributed by atoms with van der Waals surface area (Å²) in [6.45, 7) is 0.785. The van der Waals surface area contributed by atoms with Crippen LogP contribution in [-0.4, -0.2) is 23.3 Å². The Labute approximate surface area is 143 Å². The molecule has 0 saturated carbocycles. The highest BCUT2D eigenvalue weighted by atomic mass is 15.2. The topological polar surface area (TPSA) is 31.9 Å². The number of nitrogens with one attached hydrogen (secondary N) is 1. The van der Waals surface area contributed by atoms with Crippen molar-refractivity contribution in [3.63, 3.8) is 0 Å². The van der Waals surface area contributed by atoms with E-state index in [4.69, 9.17) is 1.37 Å². The third kappa shape index (κ3) is 2.23. The minimum absolute atomic E-state index is 0.0763. The summed E-state index contributed by atoms with van der Waals surface area (Å²) >= 11 is 0. The minimum Gasteiger partial charge on any atom is -0.371 e. The SMILES string of the molecule is [2H]C1N(c2ccc(-c3cn[nH]c3)cc2)CCC12Cc1ccccc1C2. The van der Waals surface area contributed by atoms with Gasteiger partial charge < -0.3 is 4.90 Å². The van der Waals surface area contributed by atoms with Crippen molar-refractivity contribution in [3.05, 3.63) is 72.1 Å². The first-order chi connectivity index (χ1) is 12.3. The van der Waals surface area contributed by atoms with Crippen molar-refractivity contribution in [3.8, 4) is 11.1 Å². The normalized spacial score (nSPS) is 21.9. The van der Waals surface area contributed by atoms with Crippen LogP contribution in [-0.2, 0) is 12.8 Å². The molecule has 3 heteroatoms. The highest BCUT2D eigenvalue weighted by Crippen LogP contribution is 2.44. The number of aromatic amines is 1. The highest BCUT2D eigenvalue weighted by Gasteiger charge is 2.42. The van der Waals surface area contributed by atoms with Gasteiger partial charge in [0.15, 0.2) is 0 Å². The second kappa shape index (κ2) is 5.23. The van der Waals surface area contributed by atoms with Crippen LogP contribution in [0, 0.1) is 5.41 Å². The molecule has 2 heterocycles. The largest absolute Gasteiger partial charge is 0.371 e. The second-order valence-corrected chi connectivity index (χ2v) is 7.09. The molecule has 0 amide bonds. The summed E-state index contributed by atoms with van der Waals surface area (Å²) in [7, 11) is 0. The van der Waals surface area contributed by atoms with Gasteiger partial charge in [-0.2, -0.15) is 5.10 Å². The highest BCUT2D eigenvalue weighted by molar-refractivity contribution is 5.65. The van der Waals surface area contributed by atoms with Gasteiger partial charge in [-0.25, -0.2) is 0 Å². The van der Waals surface area contributed by atoms with Crippen LogP contribution in [0.3, 0.4) is 0 Å². The fraction of sp³-hybridized carbons (Fsp3) is 0.286. The smallest absolute Gasteiger partial charge is 0.0565 e. The van der Waals surface area contributed by atoms with Gasteiger partial charge in [0.05, 0.1) is 6.20 Å². The molecule has 0 bridgehead atoms. The Balaban J connectivity index is 1.40. The molecular formula is C21H21N3. The van der Waals surface area contributed by atoms with Gasteiger partial charge >= 0.3 is 0 Å².